The molecule has 1 fully saturated rings. The standard InChI is InChI=1S/C15H20N2O/c16-9-10-18-15-7-5-14(6-8-15)12-17-11-13-3-1-2-4-13/h5-8,13,17H,1-4,10-12H2. The van der Waals surface area contributed by atoms with Crippen molar-refractivity contribution in [3.63, 3.8) is 0 Å². The molecule has 1 aromatic carbocycles. The van der Waals surface area contributed by atoms with Gasteiger partial charge in [-0.1, -0.05) is 25.0 Å². The fourth-order valence-corrected chi connectivity index (χ4v) is 2.45. The zero-order chi connectivity index (χ0) is 12.6. The van der Waals surface area contributed by atoms with Crippen LogP contribution in [-0.4, -0.2) is 13.2 Å². The molecule has 0 spiro atoms. The zero-order valence-corrected chi connectivity index (χ0v) is 10.7. The van der Waals surface area contributed by atoms with Crippen molar-refractivity contribution in [3.05, 3.63) is 29.8 Å². The molecule has 0 aliphatic heterocycles. The van der Waals surface area contributed by atoms with Crippen molar-refractivity contribution >= 4 is 0 Å². The van der Waals surface area contributed by atoms with Gasteiger partial charge in [0.2, 0.25) is 0 Å². The molecule has 0 atom stereocenters. The van der Waals surface area contributed by atoms with Gasteiger partial charge in [0.25, 0.3) is 0 Å². The Bertz CT molecular complexity index is 388. The lowest BCUT2D eigenvalue weighted by molar-refractivity contribution is 0.368. The van der Waals surface area contributed by atoms with Gasteiger partial charge in [0.05, 0.1) is 0 Å². The number of rotatable bonds is 6. The van der Waals surface area contributed by atoms with Crippen LogP contribution in [0.1, 0.15) is 31.2 Å². The van der Waals surface area contributed by atoms with Crippen LogP contribution in [0.4, 0.5) is 0 Å². The molecule has 18 heavy (non-hydrogen) atoms. The van der Waals surface area contributed by atoms with Gasteiger partial charge in [-0.05, 0) is 43.0 Å². The van der Waals surface area contributed by atoms with Crippen LogP contribution in [0.5, 0.6) is 5.75 Å². The summed E-state index contributed by atoms with van der Waals surface area (Å²) in [5, 5.41) is 11.9. The first-order valence-corrected chi connectivity index (χ1v) is 6.68. The Morgan fingerprint density at radius 1 is 1.22 bits per heavy atom. The number of nitrogens with zero attached hydrogens (tertiary/aromatic N) is 1. The molecule has 1 N–H and O–H groups in total. The van der Waals surface area contributed by atoms with E-state index >= 15 is 0 Å². The SMILES string of the molecule is N#CCOc1ccc(CNCC2CCCC2)cc1. The van der Waals surface area contributed by atoms with Crippen LogP contribution in [0.25, 0.3) is 0 Å². The molecule has 0 radical (unpaired) electrons. The van der Waals surface area contributed by atoms with E-state index in [9.17, 15) is 0 Å². The van der Waals surface area contributed by atoms with Gasteiger partial charge in [-0.2, -0.15) is 5.26 Å². The topological polar surface area (TPSA) is 45.0 Å². The lowest BCUT2D eigenvalue weighted by atomic mass is 10.1. The second-order valence-electron chi connectivity index (χ2n) is 4.87. The van der Waals surface area contributed by atoms with E-state index in [0.717, 1.165) is 24.8 Å². The number of benzene rings is 1. The van der Waals surface area contributed by atoms with E-state index < -0.39 is 0 Å². The van der Waals surface area contributed by atoms with Gasteiger partial charge in [0.1, 0.15) is 11.8 Å². The first-order chi connectivity index (χ1) is 8.88. The summed E-state index contributed by atoms with van der Waals surface area (Å²) in [4.78, 5) is 0. The predicted octanol–water partition coefficient (Wildman–Crippen LogP) is 2.87. The van der Waals surface area contributed by atoms with Gasteiger partial charge in [-0.25, -0.2) is 0 Å². The molecule has 0 bridgehead atoms. The summed E-state index contributed by atoms with van der Waals surface area (Å²) >= 11 is 0. The van der Waals surface area contributed by atoms with E-state index in [0.29, 0.717) is 0 Å². The lowest BCUT2D eigenvalue weighted by Gasteiger charge is -2.10. The van der Waals surface area contributed by atoms with Crippen LogP contribution in [0.15, 0.2) is 24.3 Å². The number of nitriles is 1. The summed E-state index contributed by atoms with van der Waals surface area (Å²) < 4.78 is 5.21. The molecule has 1 saturated carbocycles. The Balaban J connectivity index is 1.70. The minimum atomic E-state index is 0.110. The fraction of sp³-hybridized carbons (Fsp3) is 0.533. The number of hydrogen-bond acceptors (Lipinski definition) is 3. The molecule has 96 valence electrons. The highest BCUT2D eigenvalue weighted by Crippen LogP contribution is 2.23. The molecular formula is C15H20N2O. The highest BCUT2D eigenvalue weighted by molar-refractivity contribution is 5.27. The quantitative estimate of drug-likeness (QED) is 0.837. The maximum atomic E-state index is 8.42. The predicted molar refractivity (Wildman–Crippen MR) is 71.2 cm³/mol. The number of hydrogen-bond donors (Lipinski definition) is 1. The Morgan fingerprint density at radius 3 is 2.61 bits per heavy atom. The highest BCUT2D eigenvalue weighted by atomic mass is 16.5. The summed E-state index contributed by atoms with van der Waals surface area (Å²) in [5.41, 5.74) is 1.26. The minimum Gasteiger partial charge on any atom is -0.479 e. The van der Waals surface area contributed by atoms with Gasteiger partial charge in [0, 0.05) is 6.54 Å². The largest absolute Gasteiger partial charge is 0.479 e. The van der Waals surface area contributed by atoms with Crippen LogP contribution in [0, 0.1) is 17.2 Å². The van der Waals surface area contributed by atoms with Crippen LogP contribution in [0.3, 0.4) is 0 Å². The first-order valence-electron chi connectivity index (χ1n) is 6.68. The molecule has 3 nitrogen and oxygen atoms in total. The maximum Gasteiger partial charge on any atom is 0.174 e. The van der Waals surface area contributed by atoms with Crippen molar-refractivity contribution in [1.82, 2.24) is 5.32 Å². The van der Waals surface area contributed by atoms with Gasteiger partial charge in [-0.3, -0.25) is 0 Å². The van der Waals surface area contributed by atoms with Crippen molar-refractivity contribution in [1.29, 1.82) is 5.26 Å². The molecule has 1 aliphatic rings. The third-order valence-corrected chi connectivity index (χ3v) is 3.46. The van der Waals surface area contributed by atoms with Crippen molar-refractivity contribution < 1.29 is 4.74 Å². The molecule has 0 unspecified atom stereocenters. The van der Waals surface area contributed by atoms with Crippen LogP contribution in [0.2, 0.25) is 0 Å². The van der Waals surface area contributed by atoms with Crippen molar-refractivity contribution in [3.8, 4) is 11.8 Å². The summed E-state index contributed by atoms with van der Waals surface area (Å²) in [6, 6.07) is 9.90. The second-order valence-corrected chi connectivity index (χ2v) is 4.87. The van der Waals surface area contributed by atoms with E-state index in [1.807, 2.05) is 30.3 Å². The monoisotopic (exact) mass is 244 g/mol. The second kappa shape index (κ2) is 7.03. The van der Waals surface area contributed by atoms with Crippen molar-refractivity contribution in [2.75, 3.05) is 13.2 Å². The summed E-state index contributed by atoms with van der Waals surface area (Å²) in [7, 11) is 0. The summed E-state index contributed by atoms with van der Waals surface area (Å²) in [6.45, 7) is 2.15. The Morgan fingerprint density at radius 2 is 1.94 bits per heavy atom. The average Bonchev–Trinajstić information content (AvgIpc) is 2.91. The molecule has 2 rings (SSSR count). The molecule has 0 heterocycles. The molecular weight excluding hydrogens is 224 g/mol. The summed E-state index contributed by atoms with van der Waals surface area (Å²) in [6.07, 6.45) is 5.57. The first kappa shape index (κ1) is 12.9. The van der Waals surface area contributed by atoms with Gasteiger partial charge < -0.3 is 10.1 Å². The number of nitrogens with one attached hydrogen (secondary N) is 1. The normalized spacial score (nSPS) is 15.5. The minimum absolute atomic E-state index is 0.110. The van der Waals surface area contributed by atoms with Gasteiger partial charge in [-0.15, -0.1) is 0 Å². The molecule has 3 heteroatoms. The molecule has 0 amide bonds. The molecule has 1 aromatic rings. The average molecular weight is 244 g/mol. The van der Waals surface area contributed by atoms with Crippen LogP contribution >= 0.6 is 0 Å². The van der Waals surface area contributed by atoms with E-state index in [-0.39, 0.29) is 6.61 Å². The van der Waals surface area contributed by atoms with E-state index in [1.54, 1.807) is 0 Å². The van der Waals surface area contributed by atoms with Crippen LogP contribution in [-0.2, 0) is 6.54 Å². The van der Waals surface area contributed by atoms with E-state index in [2.05, 4.69) is 5.32 Å². The molecule has 0 aromatic heterocycles. The summed E-state index contributed by atoms with van der Waals surface area (Å²) in [5.74, 6) is 1.64. The Kier molecular flexibility index (Phi) is 5.04. The van der Waals surface area contributed by atoms with Crippen molar-refractivity contribution in [2.45, 2.75) is 32.2 Å². The third kappa shape index (κ3) is 4.05. The maximum absolute atomic E-state index is 8.42. The Labute approximate surface area is 109 Å². The van der Waals surface area contributed by atoms with Crippen LogP contribution < -0.4 is 10.1 Å². The van der Waals surface area contributed by atoms with Gasteiger partial charge >= 0.3 is 0 Å². The Hall–Kier alpha value is -1.53. The zero-order valence-electron chi connectivity index (χ0n) is 10.7. The van der Waals surface area contributed by atoms with E-state index in [1.165, 1.54) is 31.2 Å². The smallest absolute Gasteiger partial charge is 0.174 e. The molecule has 0 saturated heterocycles. The lowest BCUT2D eigenvalue weighted by Crippen LogP contribution is -2.20. The highest BCUT2D eigenvalue weighted by Gasteiger charge is 2.13. The molecule has 1 aliphatic carbocycles. The van der Waals surface area contributed by atoms with Crippen molar-refractivity contribution in [2.24, 2.45) is 5.92 Å². The third-order valence-electron chi connectivity index (χ3n) is 3.46. The van der Waals surface area contributed by atoms with E-state index in [4.69, 9.17) is 10.00 Å². The fourth-order valence-electron chi connectivity index (χ4n) is 2.45. The number of ether oxygens (including phenoxy) is 1. The van der Waals surface area contributed by atoms with Gasteiger partial charge in [0.15, 0.2) is 6.61 Å².